The first-order chi connectivity index (χ1) is 9.11. The summed E-state index contributed by atoms with van der Waals surface area (Å²) < 4.78 is 6.13. The summed E-state index contributed by atoms with van der Waals surface area (Å²) >= 11 is 0. The lowest BCUT2D eigenvalue weighted by atomic mass is 9.84. The normalized spacial score (nSPS) is 13.3. The molecule has 111 valence electrons. The lowest BCUT2D eigenvalue weighted by Crippen LogP contribution is -2.27. The zero-order valence-electron chi connectivity index (χ0n) is 12.9. The molecule has 0 aliphatic rings. The van der Waals surface area contributed by atoms with E-state index in [1.807, 2.05) is 13.0 Å². The Morgan fingerprint density at radius 3 is 2.40 bits per heavy atom. The molecule has 0 aromatic carbocycles. The standard InChI is InChI=1S/C14H23N2O3Si/c1-9-10(7-8-11(15-9)16-13(17)18)12(14(2,3)4)19-20(5)6/h7-8,12H,1-6H3,(H,15,16)(H,17,18). The van der Waals surface area contributed by atoms with Gasteiger partial charge in [0.25, 0.3) is 0 Å². The molecule has 20 heavy (non-hydrogen) atoms. The van der Waals surface area contributed by atoms with Crippen LogP contribution in [0.1, 0.15) is 38.1 Å². The van der Waals surface area contributed by atoms with Crippen molar-refractivity contribution in [2.24, 2.45) is 5.41 Å². The predicted octanol–water partition coefficient (Wildman–Crippen LogP) is 3.83. The van der Waals surface area contributed by atoms with Gasteiger partial charge < -0.3 is 9.53 Å². The monoisotopic (exact) mass is 295 g/mol. The quantitative estimate of drug-likeness (QED) is 0.828. The number of hydrogen-bond acceptors (Lipinski definition) is 3. The zero-order chi connectivity index (χ0) is 15.5. The highest BCUT2D eigenvalue weighted by molar-refractivity contribution is 6.48. The van der Waals surface area contributed by atoms with E-state index in [0.29, 0.717) is 5.82 Å². The second-order valence-corrected chi connectivity index (χ2v) is 8.13. The van der Waals surface area contributed by atoms with Gasteiger partial charge in [-0.05, 0) is 31.5 Å². The van der Waals surface area contributed by atoms with Gasteiger partial charge in [0, 0.05) is 11.3 Å². The minimum Gasteiger partial charge on any atom is -0.465 e. The van der Waals surface area contributed by atoms with E-state index < -0.39 is 15.1 Å². The molecule has 0 saturated heterocycles. The van der Waals surface area contributed by atoms with Gasteiger partial charge >= 0.3 is 6.09 Å². The molecule has 5 nitrogen and oxygen atoms in total. The number of anilines is 1. The number of nitrogens with zero attached hydrogens (tertiary/aromatic N) is 1. The largest absolute Gasteiger partial charge is 0.465 e. The van der Waals surface area contributed by atoms with Crippen LogP contribution in [0.15, 0.2) is 12.1 Å². The Morgan fingerprint density at radius 2 is 2.00 bits per heavy atom. The summed E-state index contributed by atoms with van der Waals surface area (Å²) in [5.74, 6) is 0.338. The van der Waals surface area contributed by atoms with Crippen molar-refractivity contribution in [3.8, 4) is 0 Å². The molecule has 1 amide bonds. The molecule has 0 bridgehead atoms. The highest BCUT2D eigenvalue weighted by atomic mass is 28.3. The van der Waals surface area contributed by atoms with Gasteiger partial charge in [0.05, 0.1) is 6.10 Å². The van der Waals surface area contributed by atoms with Gasteiger partial charge in [0.1, 0.15) is 5.82 Å². The molecule has 0 aliphatic heterocycles. The maximum Gasteiger partial charge on any atom is 0.410 e. The number of aryl methyl sites for hydroxylation is 1. The van der Waals surface area contributed by atoms with E-state index in [9.17, 15) is 4.79 Å². The van der Waals surface area contributed by atoms with Gasteiger partial charge in [-0.3, -0.25) is 5.32 Å². The fraction of sp³-hybridized carbons (Fsp3) is 0.571. The first-order valence-electron chi connectivity index (χ1n) is 6.55. The maximum absolute atomic E-state index is 10.6. The van der Waals surface area contributed by atoms with Crippen LogP contribution >= 0.6 is 0 Å². The number of hydrogen-bond donors (Lipinski definition) is 2. The van der Waals surface area contributed by atoms with Crippen LogP contribution in [0.4, 0.5) is 10.6 Å². The van der Waals surface area contributed by atoms with Crippen LogP contribution in [0.2, 0.25) is 13.1 Å². The van der Waals surface area contributed by atoms with Gasteiger partial charge in [-0.2, -0.15) is 0 Å². The third-order valence-electron chi connectivity index (χ3n) is 2.78. The van der Waals surface area contributed by atoms with Crippen LogP contribution in [-0.2, 0) is 4.43 Å². The second kappa shape index (κ2) is 6.36. The predicted molar refractivity (Wildman–Crippen MR) is 81.4 cm³/mol. The van der Waals surface area contributed by atoms with E-state index in [0.717, 1.165) is 11.3 Å². The molecular formula is C14H23N2O3Si. The van der Waals surface area contributed by atoms with Gasteiger partial charge in [0.15, 0.2) is 0 Å². The summed E-state index contributed by atoms with van der Waals surface area (Å²) in [6, 6.07) is 3.57. The van der Waals surface area contributed by atoms with E-state index in [1.54, 1.807) is 6.07 Å². The van der Waals surface area contributed by atoms with Crippen LogP contribution in [0.25, 0.3) is 0 Å². The molecule has 1 aromatic heterocycles. The summed E-state index contributed by atoms with van der Waals surface area (Å²) in [5, 5.41) is 11.0. The van der Waals surface area contributed by atoms with Gasteiger partial charge in [-0.15, -0.1) is 0 Å². The number of carboxylic acid groups (broad SMARTS) is 1. The fourth-order valence-corrected chi connectivity index (χ4v) is 2.92. The van der Waals surface area contributed by atoms with Crippen LogP contribution in [0.3, 0.4) is 0 Å². The first-order valence-corrected chi connectivity index (χ1v) is 8.96. The molecule has 6 heteroatoms. The zero-order valence-corrected chi connectivity index (χ0v) is 13.9. The summed E-state index contributed by atoms with van der Waals surface area (Å²) in [6.45, 7) is 12.5. The molecule has 1 atom stereocenters. The van der Waals surface area contributed by atoms with Crippen molar-refractivity contribution < 1.29 is 14.3 Å². The minimum absolute atomic E-state index is 0.0437. The molecule has 1 rings (SSSR count). The molecule has 0 saturated carbocycles. The second-order valence-electron chi connectivity index (χ2n) is 6.07. The Morgan fingerprint density at radius 1 is 1.40 bits per heavy atom. The maximum atomic E-state index is 10.6. The van der Waals surface area contributed by atoms with Crippen LogP contribution in [0, 0.1) is 12.3 Å². The Kier molecular flexibility index (Phi) is 5.30. The highest BCUT2D eigenvalue weighted by Crippen LogP contribution is 2.37. The summed E-state index contributed by atoms with van der Waals surface area (Å²) in [5.41, 5.74) is 1.76. The average molecular weight is 295 g/mol. The highest BCUT2D eigenvalue weighted by Gasteiger charge is 2.29. The van der Waals surface area contributed by atoms with Gasteiger partial charge in [-0.25, -0.2) is 9.78 Å². The number of amides is 1. The molecule has 1 aromatic rings. The molecule has 2 N–H and O–H groups in total. The lowest BCUT2D eigenvalue weighted by molar-refractivity contribution is 0.0857. The SMILES string of the molecule is Cc1nc(NC(=O)O)ccc1C(O[Si](C)C)C(C)(C)C. The fourth-order valence-electron chi connectivity index (χ4n) is 1.97. The minimum atomic E-state index is -1.11. The topological polar surface area (TPSA) is 71.5 Å². The number of pyridine rings is 1. The van der Waals surface area contributed by atoms with Crippen molar-refractivity contribution >= 4 is 21.0 Å². The van der Waals surface area contributed by atoms with E-state index in [4.69, 9.17) is 9.53 Å². The molecule has 0 aliphatic carbocycles. The number of rotatable bonds is 4. The summed E-state index contributed by atoms with van der Waals surface area (Å²) in [4.78, 5) is 14.9. The van der Waals surface area contributed by atoms with E-state index >= 15 is 0 Å². The number of aromatic nitrogens is 1. The first kappa shape index (κ1) is 16.7. The van der Waals surface area contributed by atoms with Crippen molar-refractivity contribution in [1.29, 1.82) is 0 Å². The van der Waals surface area contributed by atoms with Crippen molar-refractivity contribution in [2.45, 2.75) is 46.9 Å². The average Bonchev–Trinajstić information content (AvgIpc) is 2.24. The van der Waals surface area contributed by atoms with Crippen LogP contribution < -0.4 is 5.32 Å². The van der Waals surface area contributed by atoms with Crippen molar-refractivity contribution in [3.63, 3.8) is 0 Å². The molecule has 1 heterocycles. The molecule has 1 radical (unpaired) electrons. The van der Waals surface area contributed by atoms with Crippen LogP contribution in [0.5, 0.6) is 0 Å². The Hall–Kier alpha value is -1.40. The molecular weight excluding hydrogens is 272 g/mol. The lowest BCUT2D eigenvalue weighted by Gasteiger charge is -2.33. The molecule has 0 fully saturated rings. The third-order valence-corrected chi connectivity index (χ3v) is 3.49. The summed E-state index contributed by atoms with van der Waals surface area (Å²) in [6.07, 6.45) is -1.15. The van der Waals surface area contributed by atoms with E-state index in [1.165, 1.54) is 0 Å². The number of nitrogens with one attached hydrogen (secondary N) is 1. The van der Waals surface area contributed by atoms with E-state index in [-0.39, 0.29) is 11.5 Å². The third kappa shape index (κ3) is 4.61. The van der Waals surface area contributed by atoms with Gasteiger partial charge in [-0.1, -0.05) is 26.8 Å². The van der Waals surface area contributed by atoms with Crippen molar-refractivity contribution in [3.05, 3.63) is 23.4 Å². The smallest absolute Gasteiger partial charge is 0.410 e. The Bertz CT molecular complexity index is 484. The van der Waals surface area contributed by atoms with Gasteiger partial charge in [0.2, 0.25) is 9.04 Å². The van der Waals surface area contributed by atoms with Crippen LogP contribution in [-0.4, -0.2) is 25.2 Å². The number of carbonyl (C=O) groups is 1. The van der Waals surface area contributed by atoms with E-state index in [2.05, 4.69) is 44.2 Å². The van der Waals surface area contributed by atoms with Crippen molar-refractivity contribution in [1.82, 2.24) is 4.98 Å². The molecule has 0 spiro atoms. The summed E-state index contributed by atoms with van der Waals surface area (Å²) in [7, 11) is -0.846. The van der Waals surface area contributed by atoms with Crippen molar-refractivity contribution in [2.75, 3.05) is 5.32 Å². The molecule has 1 unspecified atom stereocenters. The Balaban J connectivity index is 3.11. The Labute approximate surface area is 122 Å².